The van der Waals surface area contributed by atoms with E-state index in [2.05, 4.69) is 48.1 Å². The van der Waals surface area contributed by atoms with E-state index in [0.717, 1.165) is 37.3 Å². The SMILES string of the molecule is CC(C)c1ccc(-c2cnc(CCCCN)[nH]2)cc1. The second kappa shape index (κ2) is 6.53. The van der Waals surface area contributed by atoms with Gasteiger partial charge in [-0.1, -0.05) is 38.1 Å². The molecule has 19 heavy (non-hydrogen) atoms. The van der Waals surface area contributed by atoms with Crippen LogP contribution in [0.2, 0.25) is 0 Å². The van der Waals surface area contributed by atoms with E-state index in [1.165, 1.54) is 11.1 Å². The van der Waals surface area contributed by atoms with Crippen LogP contribution in [0.25, 0.3) is 11.3 Å². The zero-order valence-corrected chi connectivity index (χ0v) is 11.8. The van der Waals surface area contributed by atoms with Gasteiger partial charge in [0.05, 0.1) is 11.9 Å². The highest BCUT2D eigenvalue weighted by Gasteiger charge is 2.04. The van der Waals surface area contributed by atoms with E-state index in [1.807, 2.05) is 6.20 Å². The Morgan fingerprint density at radius 1 is 1.16 bits per heavy atom. The van der Waals surface area contributed by atoms with Gasteiger partial charge < -0.3 is 10.7 Å². The van der Waals surface area contributed by atoms with E-state index in [-0.39, 0.29) is 0 Å². The molecule has 0 atom stereocenters. The fraction of sp³-hybridized carbons (Fsp3) is 0.438. The highest BCUT2D eigenvalue weighted by atomic mass is 14.9. The highest BCUT2D eigenvalue weighted by Crippen LogP contribution is 2.21. The van der Waals surface area contributed by atoms with E-state index >= 15 is 0 Å². The van der Waals surface area contributed by atoms with Gasteiger partial charge in [-0.15, -0.1) is 0 Å². The van der Waals surface area contributed by atoms with E-state index in [9.17, 15) is 0 Å². The number of H-pyrrole nitrogens is 1. The third-order valence-corrected chi connectivity index (χ3v) is 3.38. The van der Waals surface area contributed by atoms with E-state index in [0.29, 0.717) is 5.92 Å². The molecule has 0 aliphatic carbocycles. The topological polar surface area (TPSA) is 54.7 Å². The summed E-state index contributed by atoms with van der Waals surface area (Å²) in [5.41, 5.74) is 9.16. The number of nitrogens with two attached hydrogens (primary N) is 1. The smallest absolute Gasteiger partial charge is 0.106 e. The van der Waals surface area contributed by atoms with Crippen molar-refractivity contribution in [1.29, 1.82) is 0 Å². The number of aromatic nitrogens is 2. The van der Waals surface area contributed by atoms with Crippen molar-refractivity contribution in [2.24, 2.45) is 5.73 Å². The van der Waals surface area contributed by atoms with E-state index < -0.39 is 0 Å². The number of hydrogen-bond donors (Lipinski definition) is 2. The van der Waals surface area contributed by atoms with Gasteiger partial charge in [0.15, 0.2) is 0 Å². The van der Waals surface area contributed by atoms with Crippen LogP contribution in [0.4, 0.5) is 0 Å². The third-order valence-electron chi connectivity index (χ3n) is 3.38. The van der Waals surface area contributed by atoms with Gasteiger partial charge in [0.1, 0.15) is 5.82 Å². The van der Waals surface area contributed by atoms with Gasteiger partial charge in [-0.25, -0.2) is 4.98 Å². The summed E-state index contributed by atoms with van der Waals surface area (Å²) >= 11 is 0. The van der Waals surface area contributed by atoms with Crippen molar-refractivity contribution in [1.82, 2.24) is 9.97 Å². The first kappa shape index (κ1) is 13.8. The molecule has 1 aromatic heterocycles. The first-order valence-corrected chi connectivity index (χ1v) is 7.05. The minimum absolute atomic E-state index is 0.572. The average molecular weight is 257 g/mol. The van der Waals surface area contributed by atoms with Gasteiger partial charge in [0.2, 0.25) is 0 Å². The van der Waals surface area contributed by atoms with Gasteiger partial charge in [-0.3, -0.25) is 0 Å². The molecule has 0 aliphatic rings. The molecule has 3 nitrogen and oxygen atoms in total. The monoisotopic (exact) mass is 257 g/mol. The highest BCUT2D eigenvalue weighted by molar-refractivity contribution is 5.58. The third kappa shape index (κ3) is 3.67. The molecular formula is C16H23N3. The van der Waals surface area contributed by atoms with Gasteiger partial charge >= 0.3 is 0 Å². The molecule has 2 aromatic rings. The van der Waals surface area contributed by atoms with Gasteiger partial charge in [0.25, 0.3) is 0 Å². The Balaban J connectivity index is 2.05. The van der Waals surface area contributed by atoms with Crippen molar-refractivity contribution in [3.8, 4) is 11.3 Å². The van der Waals surface area contributed by atoms with Crippen LogP contribution in [0.3, 0.4) is 0 Å². The van der Waals surface area contributed by atoms with Crippen molar-refractivity contribution in [3.63, 3.8) is 0 Å². The van der Waals surface area contributed by atoms with Crippen LogP contribution < -0.4 is 5.73 Å². The second-order valence-corrected chi connectivity index (χ2v) is 5.27. The molecule has 0 saturated heterocycles. The van der Waals surface area contributed by atoms with Crippen LogP contribution in [-0.4, -0.2) is 16.5 Å². The van der Waals surface area contributed by atoms with Crippen LogP contribution in [0.1, 0.15) is 44.0 Å². The molecule has 0 unspecified atom stereocenters. The predicted molar refractivity (Wildman–Crippen MR) is 80.1 cm³/mol. The Kier molecular flexibility index (Phi) is 4.74. The summed E-state index contributed by atoms with van der Waals surface area (Å²) < 4.78 is 0. The number of benzene rings is 1. The molecule has 2 rings (SSSR count). The molecular weight excluding hydrogens is 234 g/mol. The lowest BCUT2D eigenvalue weighted by atomic mass is 10.0. The number of nitrogens with one attached hydrogen (secondary N) is 1. The van der Waals surface area contributed by atoms with Crippen molar-refractivity contribution in [2.45, 2.75) is 39.0 Å². The predicted octanol–water partition coefficient (Wildman–Crippen LogP) is 3.48. The van der Waals surface area contributed by atoms with Crippen LogP contribution in [0, 0.1) is 0 Å². The Hall–Kier alpha value is -1.61. The molecule has 3 heteroatoms. The minimum Gasteiger partial charge on any atom is -0.342 e. The van der Waals surface area contributed by atoms with E-state index in [1.54, 1.807) is 0 Å². The molecule has 1 heterocycles. The molecule has 0 bridgehead atoms. The summed E-state index contributed by atoms with van der Waals surface area (Å²) in [5.74, 6) is 1.62. The summed E-state index contributed by atoms with van der Waals surface area (Å²) in [5, 5.41) is 0. The largest absolute Gasteiger partial charge is 0.342 e. The molecule has 3 N–H and O–H groups in total. The second-order valence-electron chi connectivity index (χ2n) is 5.27. The average Bonchev–Trinajstić information content (AvgIpc) is 2.88. The Labute approximate surface area is 115 Å². The number of aromatic amines is 1. The molecule has 0 amide bonds. The maximum absolute atomic E-state index is 5.50. The first-order valence-electron chi connectivity index (χ1n) is 7.05. The zero-order chi connectivity index (χ0) is 13.7. The van der Waals surface area contributed by atoms with Crippen molar-refractivity contribution < 1.29 is 0 Å². The Morgan fingerprint density at radius 2 is 1.89 bits per heavy atom. The molecule has 0 spiro atoms. The lowest BCUT2D eigenvalue weighted by Gasteiger charge is -2.05. The standard InChI is InChI=1S/C16H23N3/c1-12(2)13-6-8-14(9-7-13)15-11-18-16(19-15)5-3-4-10-17/h6-9,11-12H,3-5,10,17H2,1-2H3,(H,18,19). The van der Waals surface area contributed by atoms with Crippen LogP contribution in [-0.2, 0) is 6.42 Å². The minimum atomic E-state index is 0.572. The van der Waals surface area contributed by atoms with Gasteiger partial charge in [-0.2, -0.15) is 0 Å². The van der Waals surface area contributed by atoms with Crippen molar-refractivity contribution >= 4 is 0 Å². The summed E-state index contributed by atoms with van der Waals surface area (Å²) in [6.07, 6.45) is 5.04. The number of aryl methyl sites for hydroxylation is 1. The fourth-order valence-corrected chi connectivity index (χ4v) is 2.12. The number of hydrogen-bond acceptors (Lipinski definition) is 2. The van der Waals surface area contributed by atoms with Gasteiger partial charge in [0, 0.05) is 6.42 Å². The van der Waals surface area contributed by atoms with E-state index in [4.69, 9.17) is 5.73 Å². The molecule has 102 valence electrons. The normalized spacial score (nSPS) is 11.2. The number of unbranched alkanes of at least 4 members (excludes halogenated alkanes) is 1. The Morgan fingerprint density at radius 3 is 2.53 bits per heavy atom. The summed E-state index contributed by atoms with van der Waals surface area (Å²) in [7, 11) is 0. The molecule has 0 saturated carbocycles. The zero-order valence-electron chi connectivity index (χ0n) is 11.8. The molecule has 0 aliphatic heterocycles. The van der Waals surface area contributed by atoms with Crippen molar-refractivity contribution in [2.75, 3.05) is 6.54 Å². The Bertz CT molecular complexity index is 497. The fourth-order valence-electron chi connectivity index (χ4n) is 2.12. The summed E-state index contributed by atoms with van der Waals surface area (Å²) in [4.78, 5) is 7.81. The summed E-state index contributed by atoms with van der Waals surface area (Å²) in [6, 6.07) is 8.70. The van der Waals surface area contributed by atoms with Crippen molar-refractivity contribution in [3.05, 3.63) is 41.9 Å². The molecule has 0 fully saturated rings. The van der Waals surface area contributed by atoms with Crippen LogP contribution >= 0.6 is 0 Å². The number of imidazole rings is 1. The molecule has 1 aromatic carbocycles. The first-order chi connectivity index (χ1) is 9.20. The summed E-state index contributed by atoms with van der Waals surface area (Å²) in [6.45, 7) is 5.17. The van der Waals surface area contributed by atoms with Gasteiger partial charge in [-0.05, 0) is 36.4 Å². The maximum Gasteiger partial charge on any atom is 0.106 e. The van der Waals surface area contributed by atoms with Crippen LogP contribution in [0.15, 0.2) is 30.5 Å². The lowest BCUT2D eigenvalue weighted by Crippen LogP contribution is -1.99. The molecule has 0 radical (unpaired) electrons. The number of rotatable bonds is 6. The van der Waals surface area contributed by atoms with Crippen LogP contribution in [0.5, 0.6) is 0 Å². The quantitative estimate of drug-likeness (QED) is 0.778. The number of nitrogens with zero attached hydrogens (tertiary/aromatic N) is 1. The maximum atomic E-state index is 5.50. The lowest BCUT2D eigenvalue weighted by molar-refractivity contribution is 0.723.